The van der Waals surface area contributed by atoms with E-state index >= 15 is 0 Å². The van der Waals surface area contributed by atoms with Gasteiger partial charge in [-0.1, -0.05) is 111 Å². The lowest BCUT2D eigenvalue weighted by atomic mass is 9.86. The Bertz CT molecular complexity index is 1830. The first-order chi connectivity index (χ1) is 25.9. The predicted octanol–water partition coefficient (Wildman–Crippen LogP) is 9.44. The van der Waals surface area contributed by atoms with Crippen LogP contribution >= 0.6 is 0 Å². The lowest BCUT2D eigenvalue weighted by Crippen LogP contribution is -2.51. The van der Waals surface area contributed by atoms with Crippen LogP contribution in [-0.4, -0.2) is 53.8 Å². The van der Waals surface area contributed by atoms with Crippen LogP contribution in [0.5, 0.6) is 0 Å². The van der Waals surface area contributed by atoms with E-state index in [-0.39, 0.29) is 18.4 Å². The van der Waals surface area contributed by atoms with E-state index in [1.54, 1.807) is 0 Å². The number of amides is 2. The van der Waals surface area contributed by atoms with Crippen LogP contribution < -0.4 is 0 Å². The highest BCUT2D eigenvalue weighted by atomic mass is 16.6. The molecule has 9 nitrogen and oxygen atoms in total. The molecule has 0 N–H and O–H groups in total. The normalized spacial score (nSPS) is 16.9. The summed E-state index contributed by atoms with van der Waals surface area (Å²) < 4.78 is 30.6. The number of nitrogens with zero attached hydrogens (tertiary/aromatic N) is 1. The summed E-state index contributed by atoms with van der Waals surface area (Å²) in [7, 11) is 0. The molecule has 1 saturated heterocycles. The fraction of sp³-hybridized carbons (Fsp3) is 0.444. The topological polar surface area (TPSA) is 105 Å². The molecule has 5 rings (SSSR count). The molecule has 1 aliphatic heterocycles. The van der Waals surface area contributed by atoms with Gasteiger partial charge in [-0.25, -0.2) is 9.69 Å². The molecule has 288 valence electrons. The van der Waals surface area contributed by atoms with Gasteiger partial charge in [0.1, 0.15) is 17.1 Å². The van der Waals surface area contributed by atoms with Gasteiger partial charge in [0.15, 0.2) is 6.10 Å². The second-order valence-corrected chi connectivity index (χ2v) is 15.1. The van der Waals surface area contributed by atoms with Crippen LogP contribution in [0.1, 0.15) is 88.7 Å². The average Bonchev–Trinajstić information content (AvgIpc) is 3.67. The van der Waals surface area contributed by atoms with Crippen molar-refractivity contribution < 1.29 is 37.7 Å². The van der Waals surface area contributed by atoms with E-state index < -0.39 is 41.6 Å². The Morgan fingerprint density at radius 1 is 0.926 bits per heavy atom. The fourth-order valence-electron chi connectivity index (χ4n) is 7.43. The summed E-state index contributed by atoms with van der Waals surface area (Å²) in [6, 6.07) is 29.1. The molecule has 1 aromatic heterocycles. The van der Waals surface area contributed by atoms with Crippen LogP contribution in [0, 0.1) is 18.8 Å². The maximum Gasteiger partial charge on any atom is 0.417 e. The number of aryl methyl sites for hydroxylation is 2. The summed E-state index contributed by atoms with van der Waals surface area (Å²) in [5.74, 6) is -1.11. The van der Waals surface area contributed by atoms with E-state index in [1.807, 2.05) is 120 Å². The van der Waals surface area contributed by atoms with Gasteiger partial charge in [0.05, 0.1) is 31.3 Å². The third-order valence-electron chi connectivity index (χ3n) is 9.90. The maximum atomic E-state index is 14.8. The van der Waals surface area contributed by atoms with Crippen molar-refractivity contribution in [2.75, 3.05) is 13.2 Å². The predicted molar refractivity (Wildman–Crippen MR) is 208 cm³/mol. The molecule has 0 spiro atoms. The molecule has 3 aromatic carbocycles. The standard InChI is InChI=1S/C45H55NO8/c1-8-36(51-28-34-20-13-10-14-21-34)29-50-24-16-23-39-37(35-22-15-17-31(4)25-35)27-40(53-39)41(52-32(5)47)38(26-33-18-11-9-12-19-33)43(48)46-42(30(2)3)45(6,7)54-44(46)49/h9-15,17-22,25,27,30,36,38,41-42H,8,16,23-24,26,28-29H2,1-7H3/t36-,38-,41-,42?/m0/s1. The zero-order chi connectivity index (χ0) is 38.8. The van der Waals surface area contributed by atoms with Crippen LogP contribution in [0.15, 0.2) is 95.4 Å². The number of ether oxygens (including phenoxy) is 4. The summed E-state index contributed by atoms with van der Waals surface area (Å²) in [5.41, 5.74) is 3.93. The van der Waals surface area contributed by atoms with Gasteiger partial charge in [0, 0.05) is 25.5 Å². The minimum absolute atomic E-state index is 0.0272. The van der Waals surface area contributed by atoms with E-state index in [4.69, 9.17) is 23.4 Å². The molecule has 2 amide bonds. The zero-order valence-corrected chi connectivity index (χ0v) is 32.7. The van der Waals surface area contributed by atoms with Gasteiger partial charge in [-0.3, -0.25) is 9.59 Å². The van der Waals surface area contributed by atoms with Crippen molar-refractivity contribution in [2.24, 2.45) is 11.8 Å². The van der Waals surface area contributed by atoms with Crippen LogP contribution in [0.3, 0.4) is 0 Å². The minimum atomic E-state index is -1.12. The second-order valence-electron chi connectivity index (χ2n) is 15.1. The highest BCUT2D eigenvalue weighted by molar-refractivity contribution is 5.96. The van der Waals surface area contributed by atoms with Gasteiger partial charge in [-0.05, 0) is 68.7 Å². The lowest BCUT2D eigenvalue weighted by molar-refractivity contribution is -0.156. The highest BCUT2D eigenvalue weighted by Gasteiger charge is 2.54. The summed E-state index contributed by atoms with van der Waals surface area (Å²) >= 11 is 0. The van der Waals surface area contributed by atoms with Crippen LogP contribution in [-0.2, 0) is 48.0 Å². The summed E-state index contributed by atoms with van der Waals surface area (Å²) in [6.45, 7) is 14.5. The Morgan fingerprint density at radius 2 is 1.61 bits per heavy atom. The average molecular weight is 738 g/mol. The molecule has 1 fully saturated rings. The van der Waals surface area contributed by atoms with Crippen molar-refractivity contribution >= 4 is 18.0 Å². The number of cyclic esters (lactones) is 1. The molecule has 4 aromatic rings. The van der Waals surface area contributed by atoms with E-state index in [1.165, 1.54) is 11.8 Å². The quantitative estimate of drug-likeness (QED) is 0.0735. The SMILES string of the molecule is CC[C@@H](COCCCc1oc([C@@H](OC(C)=O)[C@H](Cc2ccccc2)C(=O)N2C(=O)OC(C)(C)C2C(C)C)cc1-c1cccc(C)c1)OCc1ccccc1. The number of imide groups is 1. The van der Waals surface area contributed by atoms with Gasteiger partial charge in [0.25, 0.3) is 0 Å². The Balaban J connectivity index is 1.43. The van der Waals surface area contributed by atoms with Gasteiger partial charge in [0.2, 0.25) is 5.91 Å². The van der Waals surface area contributed by atoms with E-state index in [2.05, 4.69) is 13.0 Å². The molecule has 0 saturated carbocycles. The van der Waals surface area contributed by atoms with E-state index in [0.29, 0.717) is 44.2 Å². The van der Waals surface area contributed by atoms with E-state index in [9.17, 15) is 14.4 Å². The molecule has 0 aliphatic carbocycles. The van der Waals surface area contributed by atoms with Gasteiger partial charge < -0.3 is 23.4 Å². The van der Waals surface area contributed by atoms with Crippen LogP contribution in [0.25, 0.3) is 11.1 Å². The lowest BCUT2D eigenvalue weighted by Gasteiger charge is -2.34. The van der Waals surface area contributed by atoms with Gasteiger partial charge in [-0.15, -0.1) is 0 Å². The molecule has 0 radical (unpaired) electrons. The molecule has 0 bridgehead atoms. The third kappa shape index (κ3) is 10.3. The summed E-state index contributed by atoms with van der Waals surface area (Å²) in [5, 5.41) is 0. The number of furan rings is 1. The van der Waals surface area contributed by atoms with Crippen molar-refractivity contribution in [2.45, 2.75) is 105 Å². The van der Waals surface area contributed by atoms with Gasteiger partial charge in [-0.2, -0.15) is 0 Å². The number of carbonyl (C=O) groups excluding carboxylic acids is 3. The largest absolute Gasteiger partial charge is 0.461 e. The molecular formula is C45H55NO8. The van der Waals surface area contributed by atoms with Crippen molar-refractivity contribution in [3.8, 4) is 11.1 Å². The molecule has 4 atom stereocenters. The van der Waals surface area contributed by atoms with Crippen molar-refractivity contribution in [3.63, 3.8) is 0 Å². The first-order valence-electron chi connectivity index (χ1n) is 19.1. The van der Waals surface area contributed by atoms with Crippen molar-refractivity contribution in [1.82, 2.24) is 4.90 Å². The third-order valence-corrected chi connectivity index (χ3v) is 9.90. The zero-order valence-electron chi connectivity index (χ0n) is 32.7. The molecule has 1 aliphatic rings. The Hall–Kier alpha value is -4.73. The van der Waals surface area contributed by atoms with Crippen LogP contribution in [0.2, 0.25) is 0 Å². The number of carbonyl (C=O) groups is 3. The van der Waals surface area contributed by atoms with Crippen LogP contribution in [0.4, 0.5) is 4.79 Å². The van der Waals surface area contributed by atoms with Gasteiger partial charge >= 0.3 is 12.1 Å². The monoisotopic (exact) mass is 737 g/mol. The van der Waals surface area contributed by atoms with Crippen molar-refractivity contribution in [1.29, 1.82) is 0 Å². The molecule has 2 heterocycles. The molecular weight excluding hydrogens is 682 g/mol. The van der Waals surface area contributed by atoms with E-state index in [0.717, 1.165) is 34.2 Å². The Morgan fingerprint density at radius 3 is 2.24 bits per heavy atom. The number of hydrogen-bond donors (Lipinski definition) is 0. The summed E-state index contributed by atoms with van der Waals surface area (Å²) in [4.78, 5) is 42.3. The maximum absolute atomic E-state index is 14.8. The minimum Gasteiger partial charge on any atom is -0.461 e. The first-order valence-corrected chi connectivity index (χ1v) is 19.1. The number of rotatable bonds is 18. The first kappa shape index (κ1) is 40.5. The number of hydrogen-bond acceptors (Lipinski definition) is 8. The fourth-order valence-corrected chi connectivity index (χ4v) is 7.43. The Kier molecular flexibility index (Phi) is 13.9. The molecule has 54 heavy (non-hydrogen) atoms. The Labute approximate surface area is 319 Å². The highest BCUT2D eigenvalue weighted by Crippen LogP contribution is 2.41. The smallest absolute Gasteiger partial charge is 0.417 e. The molecule has 1 unspecified atom stereocenters. The number of esters is 1. The summed E-state index contributed by atoms with van der Waals surface area (Å²) in [6.07, 6.45) is 0.367. The molecule has 9 heteroatoms. The van der Waals surface area contributed by atoms with Crippen molar-refractivity contribution in [3.05, 3.63) is 119 Å². The second kappa shape index (κ2) is 18.5. The number of benzene rings is 3.